The molecule has 1 fully saturated rings. The molecule has 0 aromatic heterocycles. The zero-order valence-corrected chi connectivity index (χ0v) is 21.6. The molecule has 1 aliphatic carbocycles. The fourth-order valence-electron chi connectivity index (χ4n) is 5.03. The Morgan fingerprint density at radius 2 is 1.68 bits per heavy atom. The van der Waals surface area contributed by atoms with Crippen molar-refractivity contribution in [2.75, 3.05) is 31.1 Å². The summed E-state index contributed by atoms with van der Waals surface area (Å²) in [6.45, 7) is 7.75. The number of ketones is 1. The van der Waals surface area contributed by atoms with Gasteiger partial charge in [-0.1, -0.05) is 43.7 Å². The van der Waals surface area contributed by atoms with E-state index >= 15 is 0 Å². The summed E-state index contributed by atoms with van der Waals surface area (Å²) < 4.78 is 0. The molecule has 0 radical (unpaired) electrons. The number of fused-ring (bicyclic) bond motifs is 1. The third-order valence-corrected chi connectivity index (χ3v) is 7.00. The smallest absolute Gasteiger partial charge is 0.328 e. The first-order valence-corrected chi connectivity index (χ1v) is 13.2. The van der Waals surface area contributed by atoms with Gasteiger partial charge in [-0.25, -0.2) is 9.59 Å². The van der Waals surface area contributed by atoms with Crippen molar-refractivity contribution in [3.8, 4) is 0 Å². The van der Waals surface area contributed by atoms with Gasteiger partial charge in [0.05, 0.1) is 0 Å². The maximum Gasteiger partial charge on any atom is 0.328 e. The lowest BCUT2D eigenvalue weighted by Crippen LogP contribution is -2.24. The molecular weight excluding hydrogens is 468 g/mol. The van der Waals surface area contributed by atoms with Gasteiger partial charge in [0.25, 0.3) is 0 Å². The van der Waals surface area contributed by atoms with Crippen LogP contribution in [-0.2, 0) is 22.6 Å². The lowest BCUT2D eigenvalue weighted by atomic mass is 9.98. The number of carbonyl (C=O) groups excluding carboxylic acids is 1. The Balaban J connectivity index is 0.000000414. The summed E-state index contributed by atoms with van der Waals surface area (Å²) in [6, 6.07) is 17.2. The van der Waals surface area contributed by atoms with Gasteiger partial charge in [-0.3, -0.25) is 9.69 Å². The number of carbonyl (C=O) groups is 3. The summed E-state index contributed by atoms with van der Waals surface area (Å²) in [7, 11) is 0. The quantitative estimate of drug-likeness (QED) is 0.325. The molecule has 1 heterocycles. The zero-order chi connectivity index (χ0) is 26.6. The second-order valence-electron chi connectivity index (χ2n) is 9.66. The van der Waals surface area contributed by atoms with Crippen LogP contribution in [0.25, 0.3) is 0 Å². The third kappa shape index (κ3) is 8.86. The molecule has 7 heteroatoms. The first-order valence-electron chi connectivity index (χ1n) is 13.2. The van der Waals surface area contributed by atoms with E-state index in [0.29, 0.717) is 17.9 Å². The van der Waals surface area contributed by atoms with Crippen LogP contribution in [0.3, 0.4) is 0 Å². The first kappa shape index (κ1) is 28.1. The summed E-state index contributed by atoms with van der Waals surface area (Å²) in [4.78, 5) is 36.9. The molecule has 37 heavy (non-hydrogen) atoms. The highest BCUT2D eigenvalue weighted by atomic mass is 16.4. The number of aliphatic carboxylic acids is 2. The standard InChI is InChI=1S/C26H34N2O.C4H4O4/c1-2-27(20-21-10-4-3-5-11-21)15-7-6-12-22-18-23-19-24(28-16-8-9-17-28)13-14-25(23)26(22)29;5-3(6)1-2-4(7)8/h3-5,10-11,13-14,19,22H,2,6-9,12,15-18,20H2,1H3;1-2H,(H,5,6)(H,7,8)/b;2-1+. The van der Waals surface area contributed by atoms with E-state index in [-0.39, 0.29) is 5.92 Å². The highest BCUT2D eigenvalue weighted by Crippen LogP contribution is 2.33. The Labute approximate surface area is 219 Å². The normalized spacial score (nSPS) is 16.6. The molecule has 198 valence electrons. The number of Topliss-reactive ketones (excluding diaryl/α,β-unsaturated/α-hetero) is 1. The molecule has 1 aliphatic heterocycles. The van der Waals surface area contributed by atoms with Gasteiger partial charge in [0.15, 0.2) is 5.78 Å². The molecule has 7 nitrogen and oxygen atoms in total. The second kappa shape index (κ2) is 14.3. The predicted molar refractivity (Wildman–Crippen MR) is 145 cm³/mol. The fourth-order valence-corrected chi connectivity index (χ4v) is 5.03. The molecule has 0 bridgehead atoms. The van der Waals surface area contributed by atoms with Crippen molar-refractivity contribution in [3.63, 3.8) is 0 Å². The summed E-state index contributed by atoms with van der Waals surface area (Å²) in [5.74, 6) is -1.94. The number of nitrogens with zero attached hydrogens (tertiary/aromatic N) is 2. The molecule has 4 rings (SSSR count). The predicted octanol–water partition coefficient (Wildman–Crippen LogP) is 5.05. The Hall–Kier alpha value is -3.45. The van der Waals surface area contributed by atoms with Crippen LogP contribution >= 0.6 is 0 Å². The van der Waals surface area contributed by atoms with Crippen LogP contribution in [0, 0.1) is 5.92 Å². The maximum atomic E-state index is 12.8. The Kier molecular flexibility index (Phi) is 10.9. The number of hydrogen-bond acceptors (Lipinski definition) is 5. The van der Waals surface area contributed by atoms with Crippen molar-refractivity contribution in [1.82, 2.24) is 4.90 Å². The third-order valence-electron chi connectivity index (χ3n) is 7.00. The van der Waals surface area contributed by atoms with E-state index in [1.807, 2.05) is 0 Å². The summed E-state index contributed by atoms with van der Waals surface area (Å²) in [5, 5.41) is 15.6. The van der Waals surface area contributed by atoms with Gasteiger partial charge in [0.1, 0.15) is 0 Å². The van der Waals surface area contributed by atoms with Crippen LogP contribution in [0.2, 0.25) is 0 Å². The van der Waals surface area contributed by atoms with Crippen molar-refractivity contribution in [3.05, 3.63) is 77.4 Å². The number of carboxylic acids is 2. The van der Waals surface area contributed by atoms with E-state index in [4.69, 9.17) is 10.2 Å². The molecule has 1 saturated heterocycles. The van der Waals surface area contributed by atoms with Gasteiger partial charge >= 0.3 is 11.9 Å². The molecule has 0 amide bonds. The molecule has 0 spiro atoms. The summed E-state index contributed by atoms with van der Waals surface area (Å²) in [6.07, 6.45) is 7.96. The van der Waals surface area contributed by atoms with Crippen LogP contribution in [0.1, 0.15) is 60.5 Å². The van der Waals surface area contributed by atoms with Crippen LogP contribution in [0.4, 0.5) is 5.69 Å². The average molecular weight is 507 g/mol. The molecule has 2 aliphatic rings. The largest absolute Gasteiger partial charge is 0.478 e. The fraction of sp³-hybridized carbons (Fsp3) is 0.433. The van der Waals surface area contributed by atoms with Crippen LogP contribution in [0.15, 0.2) is 60.7 Å². The second-order valence-corrected chi connectivity index (χ2v) is 9.66. The lowest BCUT2D eigenvalue weighted by Gasteiger charge is -2.20. The van der Waals surface area contributed by atoms with Gasteiger partial charge in [0.2, 0.25) is 0 Å². The minimum absolute atomic E-state index is 0.197. The molecular formula is C30H38N2O5. The number of hydrogen-bond donors (Lipinski definition) is 2. The Morgan fingerprint density at radius 1 is 1.00 bits per heavy atom. The number of anilines is 1. The van der Waals surface area contributed by atoms with Crippen LogP contribution in [-0.4, -0.2) is 59.0 Å². The van der Waals surface area contributed by atoms with Gasteiger partial charge < -0.3 is 15.1 Å². The zero-order valence-electron chi connectivity index (χ0n) is 21.6. The topological polar surface area (TPSA) is 98.2 Å². The Morgan fingerprint density at radius 3 is 2.30 bits per heavy atom. The molecule has 2 N–H and O–H groups in total. The van der Waals surface area contributed by atoms with Crippen molar-refractivity contribution >= 4 is 23.4 Å². The van der Waals surface area contributed by atoms with Crippen molar-refractivity contribution in [2.45, 2.75) is 52.0 Å². The van der Waals surface area contributed by atoms with E-state index in [1.165, 1.54) is 36.1 Å². The highest BCUT2D eigenvalue weighted by molar-refractivity contribution is 6.02. The van der Waals surface area contributed by atoms with Gasteiger partial charge in [-0.2, -0.15) is 0 Å². The van der Waals surface area contributed by atoms with Gasteiger partial charge in [-0.15, -0.1) is 0 Å². The minimum atomic E-state index is -1.26. The van der Waals surface area contributed by atoms with Crippen molar-refractivity contribution < 1.29 is 24.6 Å². The number of unbranched alkanes of at least 4 members (excludes halogenated alkanes) is 1. The molecule has 2 aromatic rings. The molecule has 1 unspecified atom stereocenters. The van der Waals surface area contributed by atoms with E-state index in [9.17, 15) is 14.4 Å². The van der Waals surface area contributed by atoms with Crippen molar-refractivity contribution in [2.24, 2.45) is 5.92 Å². The van der Waals surface area contributed by atoms with Crippen LogP contribution < -0.4 is 4.90 Å². The van der Waals surface area contributed by atoms with E-state index in [0.717, 1.165) is 57.5 Å². The average Bonchev–Trinajstić information content (AvgIpc) is 3.54. The lowest BCUT2D eigenvalue weighted by molar-refractivity contribution is -0.134. The molecule has 1 atom stereocenters. The van der Waals surface area contributed by atoms with Gasteiger partial charge in [0, 0.05) is 49.0 Å². The highest BCUT2D eigenvalue weighted by Gasteiger charge is 2.30. The monoisotopic (exact) mass is 506 g/mol. The van der Waals surface area contributed by atoms with E-state index in [2.05, 4.69) is 65.3 Å². The Bertz CT molecular complexity index is 1060. The van der Waals surface area contributed by atoms with Crippen molar-refractivity contribution in [1.29, 1.82) is 0 Å². The number of carboxylic acid groups (broad SMARTS) is 2. The summed E-state index contributed by atoms with van der Waals surface area (Å²) >= 11 is 0. The van der Waals surface area contributed by atoms with Gasteiger partial charge in [-0.05, 0) is 74.5 Å². The first-order chi connectivity index (χ1) is 17.9. The van der Waals surface area contributed by atoms with E-state index in [1.54, 1.807) is 0 Å². The molecule has 0 saturated carbocycles. The summed E-state index contributed by atoms with van der Waals surface area (Å²) in [5.41, 5.74) is 4.96. The maximum absolute atomic E-state index is 12.8. The number of rotatable bonds is 11. The minimum Gasteiger partial charge on any atom is -0.478 e. The van der Waals surface area contributed by atoms with Crippen LogP contribution in [0.5, 0.6) is 0 Å². The number of benzene rings is 2. The SMILES string of the molecule is CCN(CCCCC1Cc2cc(N3CCCC3)ccc2C1=O)Cc1ccccc1.O=C(O)/C=C/C(=O)O. The van der Waals surface area contributed by atoms with E-state index < -0.39 is 11.9 Å². The molecule has 2 aromatic carbocycles.